The van der Waals surface area contributed by atoms with E-state index in [9.17, 15) is 13.2 Å². The van der Waals surface area contributed by atoms with Crippen molar-refractivity contribution in [3.63, 3.8) is 0 Å². The molecule has 0 bridgehead atoms. The minimum atomic E-state index is -3.23. The van der Waals surface area contributed by atoms with Gasteiger partial charge < -0.3 is 4.90 Å². The van der Waals surface area contributed by atoms with E-state index in [0.717, 1.165) is 17.1 Å². The van der Waals surface area contributed by atoms with E-state index in [2.05, 4.69) is 14.7 Å². The first kappa shape index (κ1) is 17.8. The number of aromatic nitrogens is 2. The highest BCUT2D eigenvalue weighted by Crippen LogP contribution is 2.21. The van der Waals surface area contributed by atoms with Crippen molar-refractivity contribution >= 4 is 32.7 Å². The Hall–Kier alpha value is -2.04. The van der Waals surface area contributed by atoms with Crippen LogP contribution in [0, 0.1) is 0 Å². The predicted octanol–water partition coefficient (Wildman–Crippen LogP) is 1.70. The third-order valence-corrected chi connectivity index (χ3v) is 5.82. The Bertz CT molecular complexity index is 838. The second-order valence-electron chi connectivity index (χ2n) is 5.72. The lowest BCUT2D eigenvalue weighted by molar-refractivity contribution is 0.214. The Balaban J connectivity index is 1.62. The summed E-state index contributed by atoms with van der Waals surface area (Å²) < 4.78 is 28.9. The van der Waals surface area contributed by atoms with Crippen LogP contribution in [-0.2, 0) is 10.0 Å². The van der Waals surface area contributed by atoms with E-state index in [1.54, 1.807) is 4.90 Å². The van der Waals surface area contributed by atoms with Gasteiger partial charge in [-0.25, -0.2) is 17.5 Å². The van der Waals surface area contributed by atoms with E-state index in [1.807, 2.05) is 30.3 Å². The van der Waals surface area contributed by atoms with Crippen molar-refractivity contribution in [2.24, 2.45) is 0 Å². The zero-order valence-corrected chi connectivity index (χ0v) is 15.4. The first-order valence-electron chi connectivity index (χ1n) is 7.84. The fourth-order valence-electron chi connectivity index (χ4n) is 2.58. The molecule has 2 heterocycles. The molecule has 2 amide bonds. The Kier molecular flexibility index (Phi) is 5.30. The van der Waals surface area contributed by atoms with E-state index >= 15 is 0 Å². The summed E-state index contributed by atoms with van der Waals surface area (Å²) >= 11 is 1.12. The van der Waals surface area contributed by atoms with Crippen molar-refractivity contribution in [3.8, 4) is 11.4 Å². The molecule has 1 aromatic heterocycles. The molecule has 0 atom stereocenters. The summed E-state index contributed by atoms with van der Waals surface area (Å²) in [4.78, 5) is 18.3. The van der Waals surface area contributed by atoms with Gasteiger partial charge in [-0.2, -0.15) is 9.36 Å². The van der Waals surface area contributed by atoms with Crippen molar-refractivity contribution < 1.29 is 13.2 Å². The van der Waals surface area contributed by atoms with Gasteiger partial charge in [-0.3, -0.25) is 5.32 Å². The molecule has 3 rings (SSSR count). The molecule has 0 aliphatic carbocycles. The number of hydrogen-bond donors (Lipinski definition) is 1. The molecule has 8 nitrogen and oxygen atoms in total. The van der Waals surface area contributed by atoms with Gasteiger partial charge in [-0.05, 0) is 6.42 Å². The standard InChI is InChI=1S/C15H19N5O3S2/c1-25(22,23)20-9-5-8-19(10-11-20)15(21)17-14-16-13(18-24-14)12-6-3-2-4-7-12/h2-4,6-7H,5,8-11H2,1H3,(H,16,17,18,21). The molecule has 0 saturated carbocycles. The number of nitrogens with zero attached hydrogens (tertiary/aromatic N) is 4. The maximum absolute atomic E-state index is 12.4. The van der Waals surface area contributed by atoms with Crippen LogP contribution in [-0.4, -0.2) is 65.4 Å². The van der Waals surface area contributed by atoms with Crippen LogP contribution in [0.25, 0.3) is 11.4 Å². The highest BCUT2D eigenvalue weighted by Gasteiger charge is 2.24. The highest BCUT2D eigenvalue weighted by molar-refractivity contribution is 7.88. The predicted molar refractivity (Wildman–Crippen MR) is 97.0 cm³/mol. The number of nitrogens with one attached hydrogen (secondary N) is 1. The second kappa shape index (κ2) is 7.46. The van der Waals surface area contributed by atoms with Gasteiger partial charge in [0, 0.05) is 43.3 Å². The first-order valence-corrected chi connectivity index (χ1v) is 10.5. The van der Waals surface area contributed by atoms with Crippen molar-refractivity contribution in [3.05, 3.63) is 30.3 Å². The number of rotatable bonds is 3. The average Bonchev–Trinajstić information content (AvgIpc) is 2.89. The third-order valence-electron chi connectivity index (χ3n) is 3.88. The topological polar surface area (TPSA) is 95.5 Å². The smallest absolute Gasteiger partial charge is 0.323 e. The van der Waals surface area contributed by atoms with E-state index in [-0.39, 0.29) is 6.03 Å². The molecular weight excluding hydrogens is 362 g/mol. The van der Waals surface area contributed by atoms with Gasteiger partial charge in [0.05, 0.1) is 6.26 Å². The lowest BCUT2D eigenvalue weighted by Crippen LogP contribution is -2.39. The molecule has 134 valence electrons. The molecular formula is C15H19N5O3S2. The van der Waals surface area contributed by atoms with E-state index in [4.69, 9.17) is 0 Å². The number of urea groups is 1. The second-order valence-corrected chi connectivity index (χ2v) is 8.46. The monoisotopic (exact) mass is 381 g/mol. The zero-order chi connectivity index (χ0) is 17.9. The van der Waals surface area contributed by atoms with Crippen LogP contribution in [0.3, 0.4) is 0 Å². The Morgan fingerprint density at radius 1 is 1.16 bits per heavy atom. The molecule has 0 spiro atoms. The number of anilines is 1. The maximum Gasteiger partial charge on any atom is 0.323 e. The first-order chi connectivity index (χ1) is 11.9. The Morgan fingerprint density at radius 2 is 1.92 bits per heavy atom. The van der Waals surface area contributed by atoms with Crippen LogP contribution in [0.4, 0.5) is 9.93 Å². The molecule has 10 heteroatoms. The number of carbonyl (C=O) groups excluding carboxylic acids is 1. The largest absolute Gasteiger partial charge is 0.323 e. The summed E-state index contributed by atoms with van der Waals surface area (Å²) in [7, 11) is -3.23. The van der Waals surface area contributed by atoms with Gasteiger partial charge in [0.15, 0.2) is 5.82 Å². The number of carbonyl (C=O) groups is 1. The Morgan fingerprint density at radius 3 is 2.64 bits per heavy atom. The van der Waals surface area contributed by atoms with Crippen LogP contribution in [0.15, 0.2) is 30.3 Å². The van der Waals surface area contributed by atoms with Gasteiger partial charge in [-0.15, -0.1) is 0 Å². The normalized spacial score (nSPS) is 16.4. The number of hydrogen-bond acceptors (Lipinski definition) is 6. The minimum absolute atomic E-state index is 0.286. The number of sulfonamides is 1. The van der Waals surface area contributed by atoms with Crippen LogP contribution in [0.2, 0.25) is 0 Å². The molecule has 2 aromatic rings. The van der Waals surface area contributed by atoms with E-state index in [0.29, 0.717) is 43.6 Å². The van der Waals surface area contributed by atoms with Crippen molar-refractivity contribution in [1.29, 1.82) is 0 Å². The van der Waals surface area contributed by atoms with Crippen LogP contribution in [0.1, 0.15) is 6.42 Å². The molecule has 0 unspecified atom stereocenters. The highest BCUT2D eigenvalue weighted by atomic mass is 32.2. The summed E-state index contributed by atoms with van der Waals surface area (Å²) in [6.07, 6.45) is 1.79. The van der Waals surface area contributed by atoms with Crippen LogP contribution in [0.5, 0.6) is 0 Å². The molecule has 1 aliphatic rings. The number of benzene rings is 1. The summed E-state index contributed by atoms with van der Waals surface area (Å²) in [5.74, 6) is 0.569. The van der Waals surface area contributed by atoms with E-state index in [1.165, 1.54) is 10.6 Å². The fourth-order valence-corrected chi connectivity index (χ4v) is 4.03. The molecule has 25 heavy (non-hydrogen) atoms. The summed E-state index contributed by atoms with van der Waals surface area (Å²) in [5.41, 5.74) is 0.887. The summed E-state index contributed by atoms with van der Waals surface area (Å²) in [6.45, 7) is 1.59. The Labute approximate surface area is 150 Å². The molecule has 1 aliphatic heterocycles. The van der Waals surface area contributed by atoms with Gasteiger partial charge >= 0.3 is 6.03 Å². The SMILES string of the molecule is CS(=O)(=O)N1CCCN(C(=O)Nc2nc(-c3ccccc3)ns2)CC1. The summed E-state index contributed by atoms with van der Waals surface area (Å²) in [6, 6.07) is 9.24. The molecule has 1 saturated heterocycles. The third kappa shape index (κ3) is 4.53. The van der Waals surface area contributed by atoms with Crippen LogP contribution < -0.4 is 5.32 Å². The lowest BCUT2D eigenvalue weighted by atomic mass is 10.2. The summed E-state index contributed by atoms with van der Waals surface area (Å²) in [5, 5.41) is 3.17. The fraction of sp³-hybridized carbons (Fsp3) is 0.400. The van der Waals surface area contributed by atoms with Crippen molar-refractivity contribution in [2.45, 2.75) is 6.42 Å². The average molecular weight is 381 g/mol. The molecule has 0 radical (unpaired) electrons. The minimum Gasteiger partial charge on any atom is -0.323 e. The maximum atomic E-state index is 12.4. The molecule has 1 aromatic carbocycles. The quantitative estimate of drug-likeness (QED) is 0.873. The molecule has 1 N–H and O–H groups in total. The number of amides is 2. The lowest BCUT2D eigenvalue weighted by Gasteiger charge is -2.20. The van der Waals surface area contributed by atoms with Crippen molar-refractivity contribution in [2.75, 3.05) is 37.8 Å². The van der Waals surface area contributed by atoms with Crippen LogP contribution >= 0.6 is 11.5 Å². The van der Waals surface area contributed by atoms with E-state index < -0.39 is 10.0 Å². The van der Waals surface area contributed by atoms with Gasteiger partial charge in [0.1, 0.15) is 0 Å². The van der Waals surface area contributed by atoms with Crippen molar-refractivity contribution in [1.82, 2.24) is 18.6 Å². The zero-order valence-electron chi connectivity index (χ0n) is 13.8. The molecule has 1 fully saturated rings. The van der Waals surface area contributed by atoms with Gasteiger partial charge in [0.25, 0.3) is 0 Å². The van der Waals surface area contributed by atoms with Gasteiger partial charge in [-0.1, -0.05) is 30.3 Å². The van der Waals surface area contributed by atoms with Gasteiger partial charge in [0.2, 0.25) is 15.2 Å².